The first-order valence-electron chi connectivity index (χ1n) is 13.3. The van der Waals surface area contributed by atoms with E-state index in [-0.39, 0.29) is 29.6 Å². The minimum absolute atomic E-state index is 0.0160. The number of sulfone groups is 1. The van der Waals surface area contributed by atoms with Crippen LogP contribution in [0, 0.1) is 19.8 Å². The number of likely N-dealkylation sites (tertiary alicyclic amines) is 1. The number of benzene rings is 1. The van der Waals surface area contributed by atoms with Gasteiger partial charge in [0.1, 0.15) is 15.6 Å². The van der Waals surface area contributed by atoms with Crippen LogP contribution in [-0.4, -0.2) is 67.4 Å². The van der Waals surface area contributed by atoms with Crippen LogP contribution in [0.3, 0.4) is 0 Å². The smallest absolute Gasteiger partial charge is 0.255 e. The SMILES string of the molecule is COc1cc(C)[nH]c(=O)c1CCC(=O)c1c(C)n([C@H](C)C2CCN(CCS(C)(=O)=O)CC2)c2ccccc12. The van der Waals surface area contributed by atoms with Gasteiger partial charge in [0.2, 0.25) is 0 Å². The number of para-hydroxylation sites is 1. The number of nitrogens with zero attached hydrogens (tertiary/aromatic N) is 2. The highest BCUT2D eigenvalue weighted by Crippen LogP contribution is 2.36. The molecule has 4 rings (SSSR count). The van der Waals surface area contributed by atoms with Gasteiger partial charge in [-0.15, -0.1) is 0 Å². The lowest BCUT2D eigenvalue weighted by molar-refractivity contribution is 0.0983. The summed E-state index contributed by atoms with van der Waals surface area (Å²) in [4.78, 5) is 31.2. The number of hydrogen-bond donors (Lipinski definition) is 1. The highest BCUT2D eigenvalue weighted by molar-refractivity contribution is 7.90. The summed E-state index contributed by atoms with van der Waals surface area (Å²) in [6.07, 6.45) is 3.77. The molecule has 8 nitrogen and oxygen atoms in total. The van der Waals surface area contributed by atoms with Crippen LogP contribution in [0.25, 0.3) is 10.9 Å². The number of ketones is 1. The number of piperidine rings is 1. The fraction of sp³-hybridized carbons (Fsp3) is 0.517. The van der Waals surface area contributed by atoms with Crippen LogP contribution < -0.4 is 10.3 Å². The Labute approximate surface area is 224 Å². The Balaban J connectivity index is 1.55. The molecule has 0 unspecified atom stereocenters. The number of aromatic amines is 1. The van der Waals surface area contributed by atoms with Gasteiger partial charge in [0.15, 0.2) is 5.78 Å². The van der Waals surface area contributed by atoms with Gasteiger partial charge in [0.05, 0.1) is 18.4 Å². The number of methoxy groups -OCH3 is 1. The van der Waals surface area contributed by atoms with E-state index in [9.17, 15) is 18.0 Å². The number of Topliss-reactive ketones (excluding diaryl/α,β-unsaturated/α-hetero) is 1. The van der Waals surface area contributed by atoms with Crippen LogP contribution in [0.1, 0.15) is 59.5 Å². The van der Waals surface area contributed by atoms with Gasteiger partial charge in [-0.3, -0.25) is 9.59 Å². The quantitative estimate of drug-likeness (QED) is 0.388. The Morgan fingerprint density at radius 3 is 2.53 bits per heavy atom. The molecule has 2 aromatic heterocycles. The van der Waals surface area contributed by atoms with Crippen molar-refractivity contribution in [3.05, 3.63) is 63.2 Å². The molecule has 9 heteroatoms. The lowest BCUT2D eigenvalue weighted by Gasteiger charge is -2.36. The fourth-order valence-corrected chi connectivity index (χ4v) is 6.49. The Morgan fingerprint density at radius 2 is 1.87 bits per heavy atom. The first kappa shape index (κ1) is 28.1. The molecule has 1 aliphatic heterocycles. The van der Waals surface area contributed by atoms with E-state index in [1.807, 2.05) is 25.1 Å². The van der Waals surface area contributed by atoms with Gasteiger partial charge in [-0.1, -0.05) is 18.2 Å². The Kier molecular flexibility index (Phi) is 8.47. The van der Waals surface area contributed by atoms with Crippen molar-refractivity contribution in [3.8, 4) is 5.75 Å². The average molecular weight is 542 g/mol. The van der Waals surface area contributed by atoms with Crippen LogP contribution in [0.15, 0.2) is 35.1 Å². The Hall–Kier alpha value is -2.91. The van der Waals surface area contributed by atoms with E-state index in [0.717, 1.165) is 53.8 Å². The maximum atomic E-state index is 13.6. The second kappa shape index (κ2) is 11.5. The van der Waals surface area contributed by atoms with E-state index in [2.05, 4.69) is 27.4 Å². The Morgan fingerprint density at radius 1 is 1.18 bits per heavy atom. The number of pyridine rings is 1. The number of H-pyrrole nitrogens is 1. The van der Waals surface area contributed by atoms with Gasteiger partial charge in [-0.25, -0.2) is 8.42 Å². The van der Waals surface area contributed by atoms with Crippen molar-refractivity contribution in [3.63, 3.8) is 0 Å². The highest BCUT2D eigenvalue weighted by atomic mass is 32.2. The van der Waals surface area contributed by atoms with Crippen LogP contribution in [0.2, 0.25) is 0 Å². The second-order valence-electron chi connectivity index (χ2n) is 10.6. The third kappa shape index (κ3) is 6.04. The van der Waals surface area contributed by atoms with Crippen molar-refractivity contribution in [2.75, 3.05) is 38.8 Å². The topological polar surface area (TPSA) is 101 Å². The van der Waals surface area contributed by atoms with Crippen molar-refractivity contribution in [1.29, 1.82) is 0 Å². The lowest BCUT2D eigenvalue weighted by Crippen LogP contribution is -2.38. The average Bonchev–Trinajstić information content (AvgIpc) is 3.17. The third-order valence-corrected chi connectivity index (χ3v) is 8.91. The molecule has 38 heavy (non-hydrogen) atoms. The molecule has 206 valence electrons. The molecular weight excluding hydrogens is 502 g/mol. The molecule has 0 spiro atoms. The summed E-state index contributed by atoms with van der Waals surface area (Å²) in [5.74, 6) is 1.15. The zero-order valence-corrected chi connectivity index (χ0v) is 23.9. The number of nitrogens with one attached hydrogen (secondary N) is 1. The predicted octanol–water partition coefficient (Wildman–Crippen LogP) is 4.09. The number of hydrogen-bond acceptors (Lipinski definition) is 6. The van der Waals surface area contributed by atoms with E-state index in [4.69, 9.17) is 4.74 Å². The minimum Gasteiger partial charge on any atom is -0.496 e. The summed E-state index contributed by atoms with van der Waals surface area (Å²) < 4.78 is 30.8. The van der Waals surface area contributed by atoms with E-state index in [1.54, 1.807) is 13.0 Å². The number of carbonyl (C=O) groups excluding carboxylic acids is 1. The number of carbonyl (C=O) groups is 1. The predicted molar refractivity (Wildman–Crippen MR) is 151 cm³/mol. The number of aromatic nitrogens is 2. The summed E-state index contributed by atoms with van der Waals surface area (Å²) >= 11 is 0. The number of fused-ring (bicyclic) bond motifs is 1. The largest absolute Gasteiger partial charge is 0.496 e. The van der Waals surface area contributed by atoms with Crippen molar-refractivity contribution in [1.82, 2.24) is 14.5 Å². The minimum atomic E-state index is -2.97. The van der Waals surface area contributed by atoms with Gasteiger partial charge in [0.25, 0.3) is 5.56 Å². The summed E-state index contributed by atoms with van der Waals surface area (Å²) in [5, 5.41) is 0.942. The van der Waals surface area contributed by atoms with Crippen molar-refractivity contribution >= 4 is 26.5 Å². The maximum Gasteiger partial charge on any atom is 0.255 e. The van der Waals surface area contributed by atoms with E-state index in [0.29, 0.717) is 30.2 Å². The standard InChI is InChI=1S/C29H39N3O5S/c1-19-18-27(37-4)24(29(34)30-19)10-11-26(33)28-21(3)32(25-9-7-6-8-23(25)28)20(2)22-12-14-31(15-13-22)16-17-38(5,35)36/h6-9,18,20,22H,10-17H2,1-5H3,(H,30,34)/t20-/m1/s1. The van der Waals surface area contributed by atoms with Crippen LogP contribution in [-0.2, 0) is 16.3 Å². The monoisotopic (exact) mass is 541 g/mol. The highest BCUT2D eigenvalue weighted by Gasteiger charge is 2.29. The molecule has 1 aliphatic rings. The molecule has 1 N–H and O–H groups in total. The van der Waals surface area contributed by atoms with Crippen LogP contribution >= 0.6 is 0 Å². The van der Waals surface area contributed by atoms with Crippen LogP contribution in [0.5, 0.6) is 5.75 Å². The molecule has 1 fully saturated rings. The van der Waals surface area contributed by atoms with Gasteiger partial charge >= 0.3 is 0 Å². The summed E-state index contributed by atoms with van der Waals surface area (Å²) in [6, 6.07) is 10.0. The van der Waals surface area contributed by atoms with Gasteiger partial charge in [0, 0.05) is 53.1 Å². The molecule has 3 heterocycles. The molecule has 0 saturated carbocycles. The molecule has 1 aromatic carbocycles. The molecule has 0 amide bonds. The molecule has 0 radical (unpaired) electrons. The number of aryl methyl sites for hydroxylation is 1. The normalized spacial score (nSPS) is 16.1. The number of ether oxygens (including phenoxy) is 1. The van der Waals surface area contributed by atoms with Gasteiger partial charge in [-0.2, -0.15) is 0 Å². The third-order valence-electron chi connectivity index (χ3n) is 7.99. The van der Waals surface area contributed by atoms with E-state index < -0.39 is 9.84 Å². The zero-order valence-electron chi connectivity index (χ0n) is 23.0. The molecule has 0 bridgehead atoms. The lowest BCUT2D eigenvalue weighted by atomic mass is 9.90. The van der Waals surface area contributed by atoms with Crippen molar-refractivity contribution < 1.29 is 17.9 Å². The van der Waals surface area contributed by atoms with Gasteiger partial charge < -0.3 is 19.2 Å². The van der Waals surface area contributed by atoms with Gasteiger partial charge in [-0.05, 0) is 71.2 Å². The first-order valence-corrected chi connectivity index (χ1v) is 15.4. The zero-order chi connectivity index (χ0) is 27.6. The summed E-state index contributed by atoms with van der Waals surface area (Å²) in [7, 11) is -1.43. The van der Waals surface area contributed by atoms with Crippen molar-refractivity contribution in [2.45, 2.75) is 52.5 Å². The summed E-state index contributed by atoms with van der Waals surface area (Å²) in [6.45, 7) is 8.38. The van der Waals surface area contributed by atoms with E-state index in [1.165, 1.54) is 13.4 Å². The Bertz CT molecular complexity index is 1480. The molecular formula is C29H39N3O5S. The van der Waals surface area contributed by atoms with E-state index >= 15 is 0 Å². The fourth-order valence-electron chi connectivity index (χ4n) is 5.90. The summed E-state index contributed by atoms with van der Waals surface area (Å²) in [5.41, 5.74) is 3.71. The van der Waals surface area contributed by atoms with Crippen LogP contribution in [0.4, 0.5) is 0 Å². The molecule has 1 atom stereocenters. The molecule has 1 saturated heterocycles. The maximum absolute atomic E-state index is 13.6. The first-order chi connectivity index (χ1) is 18.0. The second-order valence-corrected chi connectivity index (χ2v) is 12.9. The van der Waals surface area contributed by atoms with Crippen molar-refractivity contribution in [2.24, 2.45) is 5.92 Å². The molecule has 0 aliphatic carbocycles. The number of rotatable bonds is 10. The molecule has 3 aromatic rings.